The summed E-state index contributed by atoms with van der Waals surface area (Å²) < 4.78 is 12.9. The van der Waals surface area contributed by atoms with E-state index in [-0.39, 0.29) is 11.4 Å². The summed E-state index contributed by atoms with van der Waals surface area (Å²) in [7, 11) is 0. The molecule has 0 aliphatic carbocycles. The second kappa shape index (κ2) is 5.72. The van der Waals surface area contributed by atoms with E-state index in [0.717, 1.165) is 22.6 Å². The largest absolute Gasteiger partial charge is 0.325 e. The maximum Gasteiger partial charge on any atom is 0.123 e. The van der Waals surface area contributed by atoms with Crippen LogP contribution < -0.4 is 5.73 Å². The van der Waals surface area contributed by atoms with E-state index in [0.29, 0.717) is 6.42 Å². The summed E-state index contributed by atoms with van der Waals surface area (Å²) in [6.07, 6.45) is 1.42. The van der Waals surface area contributed by atoms with E-state index < -0.39 is 0 Å². The van der Waals surface area contributed by atoms with Gasteiger partial charge in [-0.05, 0) is 55.2 Å². The molecule has 0 radical (unpaired) electrons. The molecule has 100 valence electrons. The summed E-state index contributed by atoms with van der Waals surface area (Å²) in [4.78, 5) is 0. The molecule has 1 unspecified atom stereocenters. The summed E-state index contributed by atoms with van der Waals surface area (Å²) in [6, 6.07) is 14.2. The molecule has 0 spiro atoms. The van der Waals surface area contributed by atoms with Gasteiger partial charge < -0.3 is 5.73 Å². The lowest BCUT2D eigenvalue weighted by atomic mass is 9.87. The van der Waals surface area contributed by atoms with Crippen LogP contribution in [0.3, 0.4) is 0 Å². The van der Waals surface area contributed by atoms with Crippen molar-refractivity contribution in [2.24, 2.45) is 5.73 Å². The van der Waals surface area contributed by atoms with E-state index in [1.165, 1.54) is 12.1 Å². The first-order valence-electron chi connectivity index (χ1n) is 6.22. The first kappa shape index (κ1) is 14.0. The minimum absolute atomic E-state index is 0.225. The maximum atomic E-state index is 12.9. The average molecular weight is 278 g/mol. The van der Waals surface area contributed by atoms with Gasteiger partial charge in [0.05, 0.1) is 0 Å². The number of hydrogen-bond acceptors (Lipinski definition) is 1. The van der Waals surface area contributed by atoms with Crippen LogP contribution in [0.4, 0.5) is 4.39 Å². The Labute approximate surface area is 118 Å². The third-order valence-corrected chi connectivity index (χ3v) is 3.25. The van der Waals surface area contributed by atoms with Gasteiger partial charge in [-0.15, -0.1) is 0 Å². The molecule has 3 heteroatoms. The minimum atomic E-state index is -0.386. The molecule has 2 aromatic rings. The lowest BCUT2D eigenvalue weighted by Crippen LogP contribution is -2.40. The monoisotopic (exact) mass is 277 g/mol. The predicted octanol–water partition coefficient (Wildman–Crippen LogP) is 3.98. The van der Waals surface area contributed by atoms with Crippen LogP contribution in [0.5, 0.6) is 0 Å². The van der Waals surface area contributed by atoms with Crippen molar-refractivity contribution in [3.63, 3.8) is 0 Å². The molecule has 0 saturated carbocycles. The Hall–Kier alpha value is -1.38. The standard InChI is InChI=1S/C16H17ClFN/c1-16(19,10-12-5-7-15(18)8-6-12)11-13-3-2-4-14(17)9-13/h2-9H,10-11,19H2,1H3. The molecule has 2 N–H and O–H groups in total. The second-order valence-corrected chi connectivity index (χ2v) is 5.70. The zero-order chi connectivity index (χ0) is 13.9. The third kappa shape index (κ3) is 4.34. The molecule has 1 atom stereocenters. The number of nitrogens with two attached hydrogens (primary N) is 1. The van der Waals surface area contributed by atoms with Gasteiger partial charge in [-0.3, -0.25) is 0 Å². The molecule has 0 fully saturated rings. The molecular weight excluding hydrogens is 261 g/mol. The number of benzene rings is 2. The topological polar surface area (TPSA) is 26.0 Å². The fraction of sp³-hybridized carbons (Fsp3) is 0.250. The zero-order valence-corrected chi connectivity index (χ0v) is 11.6. The number of halogens is 2. The van der Waals surface area contributed by atoms with E-state index in [2.05, 4.69) is 0 Å². The molecular formula is C16H17ClFN. The van der Waals surface area contributed by atoms with Crippen LogP contribution >= 0.6 is 11.6 Å². The summed E-state index contributed by atoms with van der Waals surface area (Å²) in [6.45, 7) is 2.00. The molecule has 1 nitrogen and oxygen atoms in total. The van der Waals surface area contributed by atoms with Gasteiger partial charge in [0, 0.05) is 10.6 Å². The van der Waals surface area contributed by atoms with Crippen molar-refractivity contribution in [2.75, 3.05) is 0 Å². The van der Waals surface area contributed by atoms with Crippen LogP contribution in [0.1, 0.15) is 18.1 Å². The van der Waals surface area contributed by atoms with Crippen LogP contribution in [-0.4, -0.2) is 5.54 Å². The van der Waals surface area contributed by atoms with Gasteiger partial charge in [0.1, 0.15) is 5.82 Å². The van der Waals surface area contributed by atoms with Crippen molar-refractivity contribution in [2.45, 2.75) is 25.3 Å². The third-order valence-electron chi connectivity index (χ3n) is 3.02. The van der Waals surface area contributed by atoms with Gasteiger partial charge >= 0.3 is 0 Å². The van der Waals surface area contributed by atoms with Crippen LogP contribution in [0.15, 0.2) is 48.5 Å². The molecule has 0 aromatic heterocycles. The zero-order valence-electron chi connectivity index (χ0n) is 10.9. The first-order valence-corrected chi connectivity index (χ1v) is 6.60. The Morgan fingerprint density at radius 1 is 1.05 bits per heavy atom. The van der Waals surface area contributed by atoms with E-state index >= 15 is 0 Å². The van der Waals surface area contributed by atoms with Gasteiger partial charge in [0.15, 0.2) is 0 Å². The summed E-state index contributed by atoms with van der Waals surface area (Å²) in [5, 5.41) is 0.718. The smallest absolute Gasteiger partial charge is 0.123 e. The fourth-order valence-electron chi connectivity index (χ4n) is 2.24. The highest BCUT2D eigenvalue weighted by atomic mass is 35.5. The van der Waals surface area contributed by atoms with Gasteiger partial charge in [0.25, 0.3) is 0 Å². The highest BCUT2D eigenvalue weighted by Crippen LogP contribution is 2.19. The molecule has 2 aromatic carbocycles. The molecule has 0 heterocycles. The maximum absolute atomic E-state index is 12.9. The van der Waals surface area contributed by atoms with Gasteiger partial charge in [-0.25, -0.2) is 4.39 Å². The van der Waals surface area contributed by atoms with Crippen molar-refractivity contribution < 1.29 is 4.39 Å². The highest BCUT2D eigenvalue weighted by Gasteiger charge is 2.19. The van der Waals surface area contributed by atoms with E-state index in [9.17, 15) is 4.39 Å². The fourth-order valence-corrected chi connectivity index (χ4v) is 2.46. The van der Waals surface area contributed by atoms with E-state index in [1.54, 1.807) is 12.1 Å². The average Bonchev–Trinajstić information content (AvgIpc) is 2.31. The van der Waals surface area contributed by atoms with Gasteiger partial charge in [-0.1, -0.05) is 35.9 Å². The summed E-state index contributed by atoms with van der Waals surface area (Å²) in [5.41, 5.74) is 8.09. The Kier molecular flexibility index (Phi) is 4.23. The Bertz CT molecular complexity index is 549. The van der Waals surface area contributed by atoms with Crippen LogP contribution in [0.25, 0.3) is 0 Å². The van der Waals surface area contributed by atoms with Crippen molar-refractivity contribution in [3.8, 4) is 0 Å². The molecule has 0 aliphatic heterocycles. The molecule has 0 bridgehead atoms. The van der Waals surface area contributed by atoms with Gasteiger partial charge in [-0.2, -0.15) is 0 Å². The van der Waals surface area contributed by atoms with Crippen molar-refractivity contribution in [1.82, 2.24) is 0 Å². The second-order valence-electron chi connectivity index (χ2n) is 5.26. The van der Waals surface area contributed by atoms with E-state index in [4.69, 9.17) is 17.3 Å². The summed E-state index contributed by atoms with van der Waals surface area (Å²) in [5.74, 6) is -0.225. The van der Waals surface area contributed by atoms with Crippen LogP contribution in [-0.2, 0) is 12.8 Å². The number of rotatable bonds is 4. The molecule has 0 amide bonds. The molecule has 2 rings (SSSR count). The lowest BCUT2D eigenvalue weighted by Gasteiger charge is -2.25. The van der Waals surface area contributed by atoms with Crippen molar-refractivity contribution in [1.29, 1.82) is 0 Å². The Morgan fingerprint density at radius 3 is 2.32 bits per heavy atom. The van der Waals surface area contributed by atoms with E-state index in [1.807, 2.05) is 31.2 Å². The Balaban J connectivity index is 2.07. The highest BCUT2D eigenvalue weighted by molar-refractivity contribution is 6.30. The molecule has 0 aliphatic rings. The lowest BCUT2D eigenvalue weighted by molar-refractivity contribution is 0.462. The summed E-state index contributed by atoms with van der Waals surface area (Å²) >= 11 is 5.97. The van der Waals surface area contributed by atoms with Crippen molar-refractivity contribution in [3.05, 3.63) is 70.5 Å². The van der Waals surface area contributed by atoms with Crippen molar-refractivity contribution >= 4 is 11.6 Å². The van der Waals surface area contributed by atoms with Gasteiger partial charge in [0.2, 0.25) is 0 Å². The molecule has 19 heavy (non-hydrogen) atoms. The molecule has 0 saturated heterocycles. The number of hydrogen-bond donors (Lipinski definition) is 1. The van der Waals surface area contributed by atoms with Crippen LogP contribution in [0, 0.1) is 5.82 Å². The normalized spacial score (nSPS) is 14.1. The predicted molar refractivity (Wildman–Crippen MR) is 77.9 cm³/mol. The Morgan fingerprint density at radius 2 is 1.68 bits per heavy atom. The quantitative estimate of drug-likeness (QED) is 0.899. The SMILES string of the molecule is CC(N)(Cc1ccc(F)cc1)Cc1cccc(Cl)c1. The first-order chi connectivity index (χ1) is 8.94. The van der Waals surface area contributed by atoms with Crippen LogP contribution in [0.2, 0.25) is 5.02 Å². The minimum Gasteiger partial charge on any atom is -0.325 e.